The molecule has 6 heteroatoms. The van der Waals surface area contributed by atoms with Crippen LogP contribution in [0.25, 0.3) is 0 Å². The van der Waals surface area contributed by atoms with E-state index >= 15 is 0 Å². The van der Waals surface area contributed by atoms with Gasteiger partial charge in [0.2, 0.25) is 5.91 Å². The lowest BCUT2D eigenvalue weighted by Gasteiger charge is -2.58. The van der Waals surface area contributed by atoms with Crippen molar-refractivity contribution in [1.29, 1.82) is 0 Å². The highest BCUT2D eigenvalue weighted by Gasteiger charge is 2.59. The quantitative estimate of drug-likeness (QED) is 0.0697. The van der Waals surface area contributed by atoms with Crippen molar-refractivity contribution < 1.29 is 14.3 Å². The van der Waals surface area contributed by atoms with Crippen molar-refractivity contribution in [3.8, 4) is 0 Å². The van der Waals surface area contributed by atoms with Gasteiger partial charge in [0, 0.05) is 38.0 Å². The Morgan fingerprint density at radius 1 is 0.827 bits per heavy atom. The molecule has 0 aliphatic heterocycles. The number of nitrogens with two attached hydrogens (primary N) is 2. The number of esters is 1. The first-order valence-electron chi connectivity index (χ1n) is 22.4. The predicted octanol–water partition coefficient (Wildman–Crippen LogP) is 10.6. The van der Waals surface area contributed by atoms with Gasteiger partial charge < -0.3 is 21.1 Å². The van der Waals surface area contributed by atoms with Gasteiger partial charge in [-0.2, -0.15) is 0 Å². The fraction of sp³-hybridized carbons (Fsp3) is 0.913. The molecule has 0 bridgehead atoms. The number of fused-ring (bicyclic) bond motifs is 5. The molecule has 3 unspecified atom stereocenters. The molecule has 0 saturated heterocycles. The zero-order valence-electron chi connectivity index (χ0n) is 35.2. The number of hydrogen-bond acceptors (Lipinski definition) is 5. The standard InChI is InChI=1S/C46H83N3O3/c1-9-36(32(2)3)17-16-33(4)40-20-21-41-39-19-18-37-31-38(24-27-45(37,7)42(39)25-28-46(40,41)8)52-44(51)23-22-43(50)49(30-26-35(6)48)29-14-12-10-11-13-15-34(5)47/h18,32-36,38-42H,9-17,19-31,47-48H2,1-8H3/t33-,34?,35?,36-,38+,39+,40?,41+,42+,45+,46-/m1/s1. The summed E-state index contributed by atoms with van der Waals surface area (Å²) in [5.41, 5.74) is 14.2. The topological polar surface area (TPSA) is 98.7 Å². The molecule has 52 heavy (non-hydrogen) atoms. The average molecular weight is 726 g/mol. The van der Waals surface area contributed by atoms with Crippen LogP contribution in [0.2, 0.25) is 0 Å². The second kappa shape index (κ2) is 20.0. The Bertz CT molecular complexity index is 1150. The second-order valence-corrected chi connectivity index (χ2v) is 19.5. The van der Waals surface area contributed by atoms with Gasteiger partial charge in [0.1, 0.15) is 6.10 Å². The number of nitrogens with zero attached hydrogens (tertiary/aromatic N) is 1. The number of rotatable bonds is 21. The van der Waals surface area contributed by atoms with Crippen molar-refractivity contribution in [2.45, 2.75) is 202 Å². The molecule has 300 valence electrons. The predicted molar refractivity (Wildman–Crippen MR) is 218 cm³/mol. The van der Waals surface area contributed by atoms with E-state index in [4.69, 9.17) is 16.2 Å². The minimum Gasteiger partial charge on any atom is -0.462 e. The second-order valence-electron chi connectivity index (χ2n) is 19.5. The third kappa shape index (κ3) is 11.1. The maximum atomic E-state index is 13.3. The van der Waals surface area contributed by atoms with Gasteiger partial charge in [-0.25, -0.2) is 0 Å². The molecule has 3 saturated carbocycles. The van der Waals surface area contributed by atoms with E-state index in [9.17, 15) is 9.59 Å². The van der Waals surface area contributed by atoms with Gasteiger partial charge in [0.05, 0.1) is 6.42 Å². The summed E-state index contributed by atoms with van der Waals surface area (Å²) in [4.78, 5) is 28.3. The number of ether oxygens (including phenoxy) is 1. The van der Waals surface area contributed by atoms with Crippen molar-refractivity contribution in [1.82, 2.24) is 4.90 Å². The van der Waals surface area contributed by atoms with Crippen LogP contribution in [0.5, 0.6) is 0 Å². The number of unbranched alkanes of at least 4 members (excludes halogenated alkanes) is 4. The fourth-order valence-corrected chi connectivity index (χ4v) is 12.0. The molecule has 4 rings (SSSR count). The van der Waals surface area contributed by atoms with Crippen LogP contribution in [0.3, 0.4) is 0 Å². The van der Waals surface area contributed by atoms with Gasteiger partial charge >= 0.3 is 5.97 Å². The molecule has 4 N–H and O–H groups in total. The van der Waals surface area contributed by atoms with Crippen molar-refractivity contribution in [3.05, 3.63) is 11.6 Å². The SMILES string of the molecule is CC[C@H](CC[C@@H](C)C1CC[C@H]2[C@@H]3CC=C4C[C@@H](OC(=O)CCC(=O)N(CCCCCCCC(C)N)CCC(C)N)CC[C@]4(C)[C@H]3CC[C@]12C)C(C)C. The van der Waals surface area contributed by atoms with Gasteiger partial charge in [-0.1, -0.05) is 91.7 Å². The molecular formula is C46H83N3O3. The first-order valence-corrected chi connectivity index (χ1v) is 22.4. The lowest BCUT2D eigenvalue weighted by Crippen LogP contribution is -2.51. The van der Waals surface area contributed by atoms with E-state index in [1.165, 1.54) is 70.6 Å². The number of allylic oxidation sites excluding steroid dienone is 1. The highest BCUT2D eigenvalue weighted by atomic mass is 16.5. The average Bonchev–Trinajstić information content (AvgIpc) is 3.45. The summed E-state index contributed by atoms with van der Waals surface area (Å²) in [6.45, 7) is 20.5. The Balaban J connectivity index is 1.26. The van der Waals surface area contributed by atoms with Crippen LogP contribution in [0.15, 0.2) is 11.6 Å². The van der Waals surface area contributed by atoms with Crippen LogP contribution < -0.4 is 11.5 Å². The smallest absolute Gasteiger partial charge is 0.306 e. The Kier molecular flexibility index (Phi) is 16.6. The van der Waals surface area contributed by atoms with Crippen LogP contribution in [0.4, 0.5) is 0 Å². The molecule has 0 radical (unpaired) electrons. The maximum Gasteiger partial charge on any atom is 0.306 e. The van der Waals surface area contributed by atoms with Crippen LogP contribution in [-0.4, -0.2) is 48.1 Å². The Hall–Kier alpha value is -1.40. The van der Waals surface area contributed by atoms with Crippen molar-refractivity contribution >= 4 is 11.9 Å². The summed E-state index contributed by atoms with van der Waals surface area (Å²) in [6.07, 6.45) is 24.3. The first kappa shape index (κ1) is 43.3. The molecule has 0 aromatic rings. The lowest BCUT2D eigenvalue weighted by molar-refractivity contribution is -0.153. The molecule has 4 aliphatic rings. The van der Waals surface area contributed by atoms with Gasteiger partial charge in [-0.3, -0.25) is 9.59 Å². The minimum absolute atomic E-state index is 0.0509. The summed E-state index contributed by atoms with van der Waals surface area (Å²) in [5, 5.41) is 0. The molecule has 4 aliphatic carbocycles. The fourth-order valence-electron chi connectivity index (χ4n) is 12.0. The normalized spacial score (nSPS) is 32.2. The van der Waals surface area contributed by atoms with E-state index in [0.717, 1.165) is 92.9 Å². The number of carbonyl (C=O) groups excluding carboxylic acids is 2. The molecule has 0 aromatic heterocycles. The van der Waals surface area contributed by atoms with Gasteiger partial charge in [-0.15, -0.1) is 0 Å². The summed E-state index contributed by atoms with van der Waals surface area (Å²) in [7, 11) is 0. The summed E-state index contributed by atoms with van der Waals surface area (Å²) < 4.78 is 6.11. The molecular weight excluding hydrogens is 643 g/mol. The first-order chi connectivity index (χ1) is 24.7. The van der Waals surface area contributed by atoms with Gasteiger partial charge in [0.15, 0.2) is 0 Å². The summed E-state index contributed by atoms with van der Waals surface area (Å²) >= 11 is 0. The molecule has 1 amide bonds. The van der Waals surface area contributed by atoms with Gasteiger partial charge in [0.25, 0.3) is 0 Å². The van der Waals surface area contributed by atoms with E-state index in [1.54, 1.807) is 5.57 Å². The lowest BCUT2D eigenvalue weighted by atomic mass is 9.47. The summed E-state index contributed by atoms with van der Waals surface area (Å²) in [6, 6.07) is 0.324. The third-order valence-electron chi connectivity index (χ3n) is 15.4. The highest BCUT2D eigenvalue weighted by molar-refractivity contribution is 5.81. The number of amides is 1. The molecule has 0 aromatic carbocycles. The van der Waals surface area contributed by atoms with E-state index in [0.29, 0.717) is 12.0 Å². The highest BCUT2D eigenvalue weighted by Crippen LogP contribution is 2.67. The van der Waals surface area contributed by atoms with E-state index in [-0.39, 0.29) is 48.3 Å². The zero-order valence-corrected chi connectivity index (χ0v) is 35.2. The van der Waals surface area contributed by atoms with Crippen LogP contribution in [0, 0.1) is 52.3 Å². The Morgan fingerprint density at radius 3 is 2.23 bits per heavy atom. The molecule has 0 heterocycles. The largest absolute Gasteiger partial charge is 0.462 e. The van der Waals surface area contributed by atoms with Crippen molar-refractivity contribution in [2.24, 2.45) is 63.7 Å². The zero-order chi connectivity index (χ0) is 38.1. The number of carbonyl (C=O) groups is 2. The van der Waals surface area contributed by atoms with E-state index < -0.39 is 0 Å². The summed E-state index contributed by atoms with van der Waals surface area (Å²) in [5.74, 6) is 5.63. The van der Waals surface area contributed by atoms with Gasteiger partial charge in [-0.05, 0) is 137 Å². The van der Waals surface area contributed by atoms with Crippen LogP contribution in [-0.2, 0) is 14.3 Å². The van der Waals surface area contributed by atoms with E-state index in [2.05, 4.69) is 54.5 Å². The number of hydrogen-bond donors (Lipinski definition) is 2. The Labute approximate surface area is 320 Å². The maximum absolute atomic E-state index is 13.3. The monoisotopic (exact) mass is 726 g/mol. The molecule has 11 atom stereocenters. The molecule has 0 spiro atoms. The van der Waals surface area contributed by atoms with Crippen molar-refractivity contribution in [2.75, 3.05) is 13.1 Å². The van der Waals surface area contributed by atoms with E-state index in [1.807, 2.05) is 11.8 Å². The molecule has 3 fully saturated rings. The third-order valence-corrected chi connectivity index (χ3v) is 15.4. The van der Waals surface area contributed by atoms with Crippen LogP contribution >= 0.6 is 0 Å². The minimum atomic E-state index is -0.212. The molecule has 6 nitrogen and oxygen atoms in total. The van der Waals surface area contributed by atoms with Crippen molar-refractivity contribution in [3.63, 3.8) is 0 Å². The Morgan fingerprint density at radius 2 is 1.54 bits per heavy atom. The van der Waals surface area contributed by atoms with Crippen LogP contribution in [0.1, 0.15) is 184 Å².